The van der Waals surface area contributed by atoms with Crippen molar-refractivity contribution in [3.63, 3.8) is 0 Å². The molecule has 74 valence electrons. The zero-order valence-electron chi connectivity index (χ0n) is 4.94. The number of hydrogen-bond donors (Lipinski definition) is 3. The van der Waals surface area contributed by atoms with Crippen LogP contribution in [0.5, 0.6) is 0 Å². The van der Waals surface area contributed by atoms with Crippen molar-refractivity contribution in [2.45, 2.75) is 0 Å². The van der Waals surface area contributed by atoms with Gasteiger partial charge >= 0.3 is 105 Å². The van der Waals surface area contributed by atoms with E-state index >= 15 is 0 Å². The summed E-state index contributed by atoms with van der Waals surface area (Å²) in [5.41, 5.74) is 0. The summed E-state index contributed by atoms with van der Waals surface area (Å²) in [5, 5.41) is 0. The predicted octanol–water partition coefficient (Wildman–Crippen LogP) is -5.03. The van der Waals surface area contributed by atoms with Gasteiger partial charge in [0.1, 0.15) is 0 Å². The minimum atomic E-state index is -0.812. The fourth-order valence-corrected chi connectivity index (χ4v) is 0. The first-order chi connectivity index (χ1) is 4.24. The summed E-state index contributed by atoms with van der Waals surface area (Å²) in [6, 6.07) is 0. The van der Waals surface area contributed by atoms with Crippen LogP contribution in [0.3, 0.4) is 0 Å². The van der Waals surface area contributed by atoms with Gasteiger partial charge in [0.05, 0.1) is 0 Å². The van der Waals surface area contributed by atoms with Gasteiger partial charge in [-0.05, 0) is 0 Å². The van der Waals surface area contributed by atoms with Gasteiger partial charge in [0.25, 0.3) is 0 Å². The van der Waals surface area contributed by atoms with Crippen LogP contribution in [0.2, 0.25) is 0 Å². The fraction of sp³-hybridized carbons (Fsp3) is 0. The van der Waals surface area contributed by atoms with E-state index in [-0.39, 0.29) is 35.9 Å². The molecule has 0 aromatic heterocycles. The molecule has 6 nitrogen and oxygen atoms in total. The average molecular weight is 338 g/mol. The normalized spacial score (nSPS) is 5.73. The Morgan fingerprint density at radius 2 is 0.727 bits per heavy atom. The summed E-state index contributed by atoms with van der Waals surface area (Å²) in [5.74, 6) is 0. The van der Waals surface area contributed by atoms with E-state index < -0.39 is 44.9 Å². The first-order valence-corrected chi connectivity index (χ1v) is 3.53. The first kappa shape index (κ1) is 29.3. The fourth-order valence-electron chi connectivity index (χ4n) is 0. The Kier molecular flexibility index (Phi) is 156. The molecule has 0 unspecified atom stereocenters. The van der Waals surface area contributed by atoms with Gasteiger partial charge in [-0.2, -0.15) is 0 Å². The molecule has 1 radical (unpaired) electrons. The third-order valence-corrected chi connectivity index (χ3v) is 0. The monoisotopic (exact) mass is 338 g/mol. The van der Waals surface area contributed by atoms with Crippen molar-refractivity contribution < 1.29 is 105 Å². The number of rotatable bonds is 0. The van der Waals surface area contributed by atoms with E-state index in [9.17, 15) is 0 Å². The van der Waals surface area contributed by atoms with E-state index in [2.05, 4.69) is 0 Å². The van der Waals surface area contributed by atoms with Crippen molar-refractivity contribution >= 4 is 0 Å². The van der Waals surface area contributed by atoms with Crippen LogP contribution >= 0.6 is 0 Å². The van der Waals surface area contributed by atoms with Crippen LogP contribution in [0.1, 0.15) is 0 Å². The van der Waals surface area contributed by atoms with Gasteiger partial charge in [-0.25, -0.2) is 0 Å². The van der Waals surface area contributed by atoms with Crippen molar-refractivity contribution in [3.8, 4) is 0 Å². The quantitative estimate of drug-likeness (QED) is 0.382. The molecule has 0 atom stereocenters. The average Bonchev–Trinajstić information content (AvgIpc) is 1.70. The van der Waals surface area contributed by atoms with Gasteiger partial charge < -0.3 is 0 Å². The maximum atomic E-state index is 8.45. The zero-order valence-corrected chi connectivity index (χ0v) is 9.25. The van der Waals surface area contributed by atoms with Crippen molar-refractivity contribution in [2.75, 3.05) is 0 Å². The van der Waals surface area contributed by atoms with E-state index in [1.54, 1.807) is 0 Å². The van der Waals surface area contributed by atoms with Crippen molar-refractivity contribution in [3.05, 3.63) is 0 Å². The van der Waals surface area contributed by atoms with E-state index in [1.165, 1.54) is 0 Å². The molecule has 11 heavy (non-hydrogen) atoms. The summed E-state index contributed by atoms with van der Waals surface area (Å²) in [6.45, 7) is 0. The van der Waals surface area contributed by atoms with Crippen molar-refractivity contribution in [1.29, 1.82) is 0 Å². The third-order valence-electron chi connectivity index (χ3n) is 0. The molecule has 0 aliphatic carbocycles. The molecule has 3 N–H and O–H groups in total. The van der Waals surface area contributed by atoms with E-state index in [0.29, 0.717) is 0 Å². The topological polar surface area (TPSA) is 112 Å². The second-order valence-corrected chi connectivity index (χ2v) is 0.753. The van der Waals surface area contributed by atoms with Gasteiger partial charge in [0.2, 0.25) is 0 Å². The molecule has 0 rings (SSSR count). The first-order valence-electron chi connectivity index (χ1n) is 0.855. The zero-order chi connectivity index (χ0) is 8.12. The summed E-state index contributed by atoms with van der Waals surface area (Å²) in [7, 11) is 0. The third kappa shape index (κ3) is 319. The molecule has 0 saturated carbocycles. The van der Waals surface area contributed by atoms with Gasteiger partial charge in [0, 0.05) is 0 Å². The predicted molar refractivity (Wildman–Crippen MR) is 8.72 cm³/mol. The maximum absolute atomic E-state index is 8.45. The van der Waals surface area contributed by atoms with Crippen LogP contribution in [-0.4, -0.2) is 12.7 Å². The summed E-state index contributed by atoms with van der Waals surface area (Å²) in [4.78, 5) is 0. The van der Waals surface area contributed by atoms with Crippen LogP contribution in [0.15, 0.2) is 0 Å². The van der Waals surface area contributed by atoms with Crippen LogP contribution in [0.25, 0.3) is 0 Å². The van der Waals surface area contributed by atoms with Crippen molar-refractivity contribution in [1.82, 2.24) is 0 Å². The minimum absolute atomic E-state index is 0. The van der Waals surface area contributed by atoms with Crippen LogP contribution < -0.4 is 18.9 Å². The van der Waals surface area contributed by atoms with Crippen LogP contribution in [-0.2, 0) is 73.5 Å². The molecule has 0 fully saturated rings. The Hall–Kier alpha value is 1.92. The standard InChI is InChI=1S/3Co.Li.Mn.3H2O.3O/h;;;;;3*1H2;;;/q;;;+1;+2;;;;;;/p-3. The molecular weight excluding hydrogens is 335 g/mol. The molecule has 0 saturated heterocycles. The van der Waals surface area contributed by atoms with E-state index in [1.807, 2.05) is 0 Å². The van der Waals surface area contributed by atoms with Crippen LogP contribution in [0, 0.1) is 0 Å². The molecule has 0 spiro atoms. The second kappa shape index (κ2) is 58.8. The molecule has 0 amide bonds. The Morgan fingerprint density at radius 1 is 0.727 bits per heavy atom. The molecule has 11 heteroatoms. The summed E-state index contributed by atoms with van der Waals surface area (Å²) >= 11 is -2.44. The van der Waals surface area contributed by atoms with E-state index in [4.69, 9.17) is 24.3 Å². The van der Waals surface area contributed by atoms with Gasteiger partial charge in [0.15, 0.2) is 0 Å². The van der Waals surface area contributed by atoms with Crippen molar-refractivity contribution in [2.24, 2.45) is 0 Å². The Morgan fingerprint density at radius 3 is 0.727 bits per heavy atom. The van der Waals surface area contributed by atoms with Crippen LogP contribution in [0.4, 0.5) is 0 Å². The second-order valence-electron chi connectivity index (χ2n) is 0.183. The molecular formula is H3Co3LiMnO6. The molecule has 0 aliphatic heterocycles. The summed E-state index contributed by atoms with van der Waals surface area (Å²) in [6.07, 6.45) is 0. The number of hydrogen-bond acceptors (Lipinski definition) is 3. The van der Waals surface area contributed by atoms with Gasteiger partial charge in [-0.3, -0.25) is 0 Å². The van der Waals surface area contributed by atoms with Gasteiger partial charge in [-0.15, -0.1) is 0 Å². The van der Waals surface area contributed by atoms with E-state index in [0.717, 1.165) is 0 Å². The Balaban J connectivity index is -0.0000000150. The summed E-state index contributed by atoms with van der Waals surface area (Å²) < 4.78 is 46.3. The Bertz CT molecular complexity index is 54.6. The Labute approximate surface area is 104 Å². The molecule has 0 aliphatic rings. The molecule has 0 bridgehead atoms. The van der Waals surface area contributed by atoms with Gasteiger partial charge in [-0.1, -0.05) is 0 Å². The molecule has 0 aromatic rings. The SMILES string of the molecule is [Li+].[Mn+2].[O]=[Co-][OH].[O]=[Co-][OH].[O]=[Co-][OH]. The molecule has 0 heterocycles. The molecule has 0 aromatic carbocycles.